The summed E-state index contributed by atoms with van der Waals surface area (Å²) in [5.74, 6) is 0.0236. The molecule has 0 spiro atoms. The van der Waals surface area contributed by atoms with Crippen LogP contribution >= 0.6 is 0 Å². The van der Waals surface area contributed by atoms with Gasteiger partial charge in [-0.05, 0) is 31.7 Å². The number of β-amino-alcohol motifs (C(OH)–C–C–N with tert-alkyl or cyclic N) is 1. The molecule has 1 aliphatic carbocycles. The minimum Gasteiger partial charge on any atom is -0.392 e. The molecule has 4 nitrogen and oxygen atoms in total. The smallest absolute Gasteiger partial charge is 0.237 e. The van der Waals surface area contributed by atoms with E-state index in [4.69, 9.17) is 0 Å². The van der Waals surface area contributed by atoms with Crippen LogP contribution in [-0.2, 0) is 10.2 Å². The first-order valence-electron chi connectivity index (χ1n) is 8.35. The van der Waals surface area contributed by atoms with Crippen LogP contribution in [-0.4, -0.2) is 36.2 Å². The average Bonchev–Trinajstić information content (AvgIpc) is 3.15. The van der Waals surface area contributed by atoms with E-state index in [1.165, 1.54) is 24.0 Å². The van der Waals surface area contributed by atoms with Crippen molar-refractivity contribution in [1.29, 1.82) is 0 Å². The first kappa shape index (κ1) is 15.5. The molecule has 2 aliphatic rings. The minimum atomic E-state index is -0.395. The molecule has 1 aliphatic heterocycles. The van der Waals surface area contributed by atoms with Gasteiger partial charge in [0, 0.05) is 18.5 Å². The predicted octanol–water partition coefficient (Wildman–Crippen LogP) is 1.65. The third-order valence-electron chi connectivity index (χ3n) is 5.22. The Morgan fingerprint density at radius 1 is 1.41 bits per heavy atom. The van der Waals surface area contributed by atoms with Crippen LogP contribution in [0.5, 0.6) is 0 Å². The summed E-state index contributed by atoms with van der Waals surface area (Å²) in [6.45, 7) is 3.33. The molecule has 1 heterocycles. The lowest BCUT2D eigenvalue weighted by molar-refractivity contribution is -0.123. The van der Waals surface area contributed by atoms with Gasteiger partial charge in [0.05, 0.1) is 12.1 Å². The summed E-state index contributed by atoms with van der Waals surface area (Å²) in [7, 11) is 0. The van der Waals surface area contributed by atoms with Crippen molar-refractivity contribution in [3.8, 4) is 0 Å². The third-order valence-corrected chi connectivity index (χ3v) is 5.22. The van der Waals surface area contributed by atoms with Gasteiger partial charge >= 0.3 is 0 Å². The molecule has 0 aromatic heterocycles. The van der Waals surface area contributed by atoms with E-state index in [-0.39, 0.29) is 17.4 Å². The van der Waals surface area contributed by atoms with Crippen LogP contribution in [0.1, 0.15) is 43.2 Å². The van der Waals surface area contributed by atoms with Gasteiger partial charge in [-0.1, -0.05) is 42.7 Å². The first-order chi connectivity index (χ1) is 10.6. The highest BCUT2D eigenvalue weighted by Crippen LogP contribution is 2.40. The topological polar surface area (TPSA) is 61.4 Å². The minimum absolute atomic E-state index is 0.0236. The fourth-order valence-corrected chi connectivity index (χ4v) is 3.89. The molecule has 1 aromatic carbocycles. The predicted molar refractivity (Wildman–Crippen MR) is 86.7 cm³/mol. The molecule has 1 aromatic rings. The van der Waals surface area contributed by atoms with Crippen molar-refractivity contribution in [1.82, 2.24) is 10.6 Å². The average molecular weight is 302 g/mol. The van der Waals surface area contributed by atoms with Crippen LogP contribution in [0.3, 0.4) is 0 Å². The maximum absolute atomic E-state index is 12.3. The summed E-state index contributed by atoms with van der Waals surface area (Å²) < 4.78 is 0. The molecule has 2 fully saturated rings. The fourth-order valence-electron chi connectivity index (χ4n) is 3.89. The van der Waals surface area contributed by atoms with E-state index < -0.39 is 6.10 Å². The lowest BCUT2D eigenvalue weighted by Crippen LogP contribution is -2.46. The van der Waals surface area contributed by atoms with Gasteiger partial charge in [0.25, 0.3) is 0 Å². The highest BCUT2D eigenvalue weighted by molar-refractivity contribution is 5.82. The van der Waals surface area contributed by atoms with Gasteiger partial charge in [-0.3, -0.25) is 4.79 Å². The molecule has 4 heteroatoms. The third kappa shape index (κ3) is 3.18. The Bertz CT molecular complexity index is 538. The van der Waals surface area contributed by atoms with Gasteiger partial charge in [0.2, 0.25) is 5.91 Å². The SMILES string of the molecule is Cc1cccc(C2(CNC(=O)C3CC(O)CN3)CCCC2)c1. The van der Waals surface area contributed by atoms with Gasteiger partial charge in [0.1, 0.15) is 0 Å². The zero-order chi connectivity index (χ0) is 15.6. The number of carbonyl (C=O) groups excluding carboxylic acids is 1. The molecule has 0 radical (unpaired) electrons. The quantitative estimate of drug-likeness (QED) is 0.792. The molecule has 3 N–H and O–H groups in total. The first-order valence-corrected chi connectivity index (χ1v) is 8.35. The van der Waals surface area contributed by atoms with Gasteiger partial charge in [-0.2, -0.15) is 0 Å². The summed E-state index contributed by atoms with van der Waals surface area (Å²) in [6.07, 6.45) is 4.85. The zero-order valence-corrected chi connectivity index (χ0v) is 13.3. The number of aliphatic hydroxyl groups is 1. The normalized spacial score (nSPS) is 27.0. The van der Waals surface area contributed by atoms with Gasteiger partial charge in [-0.25, -0.2) is 0 Å². The Labute approximate surface area is 132 Å². The van der Waals surface area contributed by atoms with E-state index in [1.54, 1.807) is 0 Å². The summed E-state index contributed by atoms with van der Waals surface area (Å²) in [5, 5.41) is 15.8. The number of hydrogen-bond donors (Lipinski definition) is 3. The summed E-state index contributed by atoms with van der Waals surface area (Å²) in [4.78, 5) is 12.3. The second-order valence-corrected chi connectivity index (χ2v) is 6.93. The second-order valence-electron chi connectivity index (χ2n) is 6.93. The van der Waals surface area contributed by atoms with E-state index in [2.05, 4.69) is 41.8 Å². The van der Waals surface area contributed by atoms with Crippen molar-refractivity contribution in [2.45, 2.75) is 56.6 Å². The number of amides is 1. The number of hydrogen-bond acceptors (Lipinski definition) is 3. The second kappa shape index (κ2) is 6.39. The Kier molecular flexibility index (Phi) is 4.50. The highest BCUT2D eigenvalue weighted by Gasteiger charge is 2.37. The van der Waals surface area contributed by atoms with E-state index >= 15 is 0 Å². The van der Waals surface area contributed by atoms with Crippen LogP contribution in [0.2, 0.25) is 0 Å². The van der Waals surface area contributed by atoms with Crippen molar-refractivity contribution in [2.75, 3.05) is 13.1 Å². The molecule has 120 valence electrons. The summed E-state index contributed by atoms with van der Waals surface area (Å²) in [5.41, 5.74) is 2.71. The molecule has 1 saturated carbocycles. The lowest BCUT2D eigenvalue weighted by Gasteiger charge is -2.31. The van der Waals surface area contributed by atoms with Crippen molar-refractivity contribution in [3.63, 3.8) is 0 Å². The number of nitrogens with one attached hydrogen (secondary N) is 2. The molecule has 0 bridgehead atoms. The summed E-state index contributed by atoms with van der Waals surface area (Å²) >= 11 is 0. The van der Waals surface area contributed by atoms with E-state index in [0.717, 1.165) is 12.8 Å². The van der Waals surface area contributed by atoms with Gasteiger partial charge in [0.15, 0.2) is 0 Å². The zero-order valence-electron chi connectivity index (χ0n) is 13.3. The van der Waals surface area contributed by atoms with Gasteiger partial charge < -0.3 is 15.7 Å². The van der Waals surface area contributed by atoms with Crippen LogP contribution in [0.4, 0.5) is 0 Å². The number of carbonyl (C=O) groups is 1. The van der Waals surface area contributed by atoms with Crippen LogP contribution in [0.15, 0.2) is 24.3 Å². The van der Waals surface area contributed by atoms with E-state index in [9.17, 15) is 9.90 Å². The maximum atomic E-state index is 12.3. The van der Waals surface area contributed by atoms with E-state index in [0.29, 0.717) is 19.5 Å². The van der Waals surface area contributed by atoms with Crippen molar-refractivity contribution < 1.29 is 9.90 Å². The Hall–Kier alpha value is -1.39. The monoisotopic (exact) mass is 302 g/mol. The molecule has 1 saturated heterocycles. The molecule has 2 atom stereocenters. The highest BCUT2D eigenvalue weighted by atomic mass is 16.3. The standard InChI is InChI=1S/C18H26N2O2/c1-13-5-4-6-14(9-13)18(7-2-3-8-18)12-20-17(22)16-10-15(21)11-19-16/h4-6,9,15-16,19,21H,2-3,7-8,10-12H2,1H3,(H,20,22). The number of aliphatic hydroxyl groups excluding tert-OH is 1. The van der Waals surface area contributed by atoms with Gasteiger partial charge in [-0.15, -0.1) is 0 Å². The lowest BCUT2D eigenvalue weighted by atomic mass is 9.78. The fraction of sp³-hybridized carbons (Fsp3) is 0.611. The molecular weight excluding hydrogens is 276 g/mol. The number of rotatable bonds is 4. The number of aryl methyl sites for hydroxylation is 1. The van der Waals surface area contributed by atoms with Crippen LogP contribution < -0.4 is 10.6 Å². The molecule has 2 unspecified atom stereocenters. The largest absolute Gasteiger partial charge is 0.392 e. The van der Waals surface area contributed by atoms with Crippen molar-refractivity contribution in [2.24, 2.45) is 0 Å². The number of benzene rings is 1. The van der Waals surface area contributed by atoms with Crippen molar-refractivity contribution in [3.05, 3.63) is 35.4 Å². The molecule has 22 heavy (non-hydrogen) atoms. The molecular formula is C18H26N2O2. The molecule has 3 rings (SSSR count). The Morgan fingerprint density at radius 3 is 2.82 bits per heavy atom. The maximum Gasteiger partial charge on any atom is 0.237 e. The van der Waals surface area contributed by atoms with E-state index in [1.807, 2.05) is 0 Å². The Morgan fingerprint density at radius 2 is 2.18 bits per heavy atom. The molecule has 1 amide bonds. The van der Waals surface area contributed by atoms with Crippen LogP contribution in [0.25, 0.3) is 0 Å². The summed E-state index contributed by atoms with van der Waals surface area (Å²) in [6, 6.07) is 8.44. The van der Waals surface area contributed by atoms with Crippen LogP contribution in [0, 0.1) is 6.92 Å². The Balaban J connectivity index is 1.68. The van der Waals surface area contributed by atoms with Crippen molar-refractivity contribution >= 4 is 5.91 Å².